The van der Waals surface area contributed by atoms with E-state index in [1.807, 2.05) is 6.92 Å². The monoisotopic (exact) mass is 278 g/mol. The Balaban J connectivity index is 1.92. The van der Waals surface area contributed by atoms with Crippen molar-refractivity contribution in [3.8, 4) is 0 Å². The van der Waals surface area contributed by atoms with Crippen molar-refractivity contribution in [2.75, 3.05) is 14.2 Å². The highest BCUT2D eigenvalue weighted by Crippen LogP contribution is 2.84. The lowest BCUT2D eigenvalue weighted by atomic mass is 9.65. The van der Waals surface area contributed by atoms with Gasteiger partial charge in [0.05, 0.1) is 14.2 Å². The molecule has 0 N–H and O–H groups in total. The summed E-state index contributed by atoms with van der Waals surface area (Å²) in [4.78, 5) is 24.8. The summed E-state index contributed by atoms with van der Waals surface area (Å²) in [6.07, 6.45) is 0.782. The molecule has 5 rings (SSSR count). The maximum atomic E-state index is 12.4. The second-order valence-electron chi connectivity index (χ2n) is 6.86. The van der Waals surface area contributed by atoms with Gasteiger partial charge in [-0.05, 0) is 12.3 Å². The number of hydrogen-bond donors (Lipinski definition) is 0. The molecule has 0 saturated heterocycles. The first-order chi connectivity index (χ1) is 9.41. The van der Waals surface area contributed by atoms with Crippen LogP contribution in [0.2, 0.25) is 0 Å². The van der Waals surface area contributed by atoms with Crippen molar-refractivity contribution in [2.45, 2.75) is 31.3 Å². The predicted octanol–water partition coefficient (Wildman–Crippen LogP) is 1.20. The molecule has 3 fully saturated rings. The van der Waals surface area contributed by atoms with Gasteiger partial charge in [-0.2, -0.15) is 10.2 Å². The lowest BCUT2D eigenvalue weighted by Crippen LogP contribution is -2.61. The first-order valence-electron chi connectivity index (χ1n) is 7.02. The Hall–Kier alpha value is -1.46. The van der Waals surface area contributed by atoms with Gasteiger partial charge >= 0.3 is 11.9 Å². The number of esters is 2. The van der Waals surface area contributed by atoms with Gasteiger partial charge in [-0.15, -0.1) is 0 Å². The number of ether oxygens (including phenoxy) is 2. The van der Waals surface area contributed by atoms with Gasteiger partial charge in [0, 0.05) is 23.2 Å². The fourth-order valence-electron chi connectivity index (χ4n) is 5.35. The third-order valence-electron chi connectivity index (χ3n) is 6.39. The Morgan fingerprint density at radius 2 is 1.75 bits per heavy atom. The Labute approximate surface area is 116 Å². The van der Waals surface area contributed by atoms with Gasteiger partial charge in [0.2, 0.25) is 0 Å². The molecular formula is C14H18N2O4. The summed E-state index contributed by atoms with van der Waals surface area (Å²) in [6.45, 7) is 4.10. The smallest absolute Gasteiger partial charge is 0.336 e. The number of rotatable bonds is 2. The maximum Gasteiger partial charge on any atom is 0.336 e. The molecule has 0 spiro atoms. The topological polar surface area (TPSA) is 77.3 Å². The highest BCUT2D eigenvalue weighted by atomic mass is 16.5. The molecular weight excluding hydrogens is 260 g/mol. The molecule has 0 aromatic rings. The summed E-state index contributed by atoms with van der Waals surface area (Å²) in [6, 6.07) is 0. The van der Waals surface area contributed by atoms with E-state index in [4.69, 9.17) is 9.47 Å². The molecule has 2 bridgehead atoms. The van der Waals surface area contributed by atoms with Gasteiger partial charge in [-0.25, -0.2) is 9.59 Å². The summed E-state index contributed by atoms with van der Waals surface area (Å²) < 4.78 is 10.0. The van der Waals surface area contributed by atoms with Gasteiger partial charge in [0.1, 0.15) is 0 Å². The van der Waals surface area contributed by atoms with E-state index in [2.05, 4.69) is 17.2 Å². The summed E-state index contributed by atoms with van der Waals surface area (Å²) in [5.41, 5.74) is -2.06. The van der Waals surface area contributed by atoms with Crippen LogP contribution < -0.4 is 0 Å². The van der Waals surface area contributed by atoms with Gasteiger partial charge in [0.15, 0.2) is 11.1 Å². The second kappa shape index (κ2) is 3.07. The molecule has 6 nitrogen and oxygen atoms in total. The van der Waals surface area contributed by atoms with Crippen molar-refractivity contribution < 1.29 is 19.1 Å². The van der Waals surface area contributed by atoms with Crippen molar-refractivity contribution in [1.82, 2.24) is 0 Å². The van der Waals surface area contributed by atoms with Crippen molar-refractivity contribution >= 4 is 11.9 Å². The predicted molar refractivity (Wildman–Crippen MR) is 66.7 cm³/mol. The number of carbonyl (C=O) groups is 2. The highest BCUT2D eigenvalue weighted by molar-refractivity contribution is 5.91. The van der Waals surface area contributed by atoms with Gasteiger partial charge in [-0.3, -0.25) is 0 Å². The largest absolute Gasteiger partial charge is 0.467 e. The molecule has 3 aliphatic carbocycles. The number of methoxy groups -OCH3 is 2. The molecule has 0 unspecified atom stereocenters. The van der Waals surface area contributed by atoms with Crippen LogP contribution in [-0.2, 0) is 19.1 Å². The Morgan fingerprint density at radius 3 is 2.35 bits per heavy atom. The standard InChI is InChI=1S/C14H18N2O4/c1-6-8-9(6)14(11(18)20-4)12(2)5-7(12)13(8,15-16-14)10(17)19-3/h6-9H,5H2,1-4H3/t6-,7+,8-,9+,12-,13+,14-/m1/s1. The van der Waals surface area contributed by atoms with Crippen LogP contribution >= 0.6 is 0 Å². The van der Waals surface area contributed by atoms with Crippen LogP contribution in [0, 0.1) is 29.1 Å². The quantitative estimate of drug-likeness (QED) is 0.711. The van der Waals surface area contributed by atoms with E-state index in [1.54, 1.807) is 0 Å². The minimum Gasteiger partial charge on any atom is -0.467 e. The van der Waals surface area contributed by atoms with Crippen LogP contribution in [0.1, 0.15) is 20.3 Å². The molecule has 2 aliphatic heterocycles. The second-order valence-corrected chi connectivity index (χ2v) is 6.86. The van der Waals surface area contributed by atoms with Gasteiger partial charge in [0.25, 0.3) is 0 Å². The summed E-state index contributed by atoms with van der Waals surface area (Å²) in [7, 11) is 2.79. The van der Waals surface area contributed by atoms with E-state index in [-0.39, 0.29) is 41.0 Å². The van der Waals surface area contributed by atoms with Crippen LogP contribution in [0.25, 0.3) is 0 Å². The van der Waals surface area contributed by atoms with Gasteiger partial charge in [-0.1, -0.05) is 13.8 Å². The van der Waals surface area contributed by atoms with Crippen LogP contribution in [-0.4, -0.2) is 37.2 Å². The van der Waals surface area contributed by atoms with Crippen LogP contribution in [0.5, 0.6) is 0 Å². The summed E-state index contributed by atoms with van der Waals surface area (Å²) >= 11 is 0. The zero-order chi connectivity index (χ0) is 14.5. The molecule has 0 radical (unpaired) electrons. The summed E-state index contributed by atoms with van der Waals surface area (Å²) in [5, 5.41) is 8.69. The minimum atomic E-state index is -0.883. The average Bonchev–Trinajstić information content (AvgIpc) is 3.34. The Bertz CT molecular complexity index is 572. The molecule has 20 heavy (non-hydrogen) atoms. The fourth-order valence-corrected chi connectivity index (χ4v) is 5.35. The van der Waals surface area contributed by atoms with Crippen LogP contribution in [0.15, 0.2) is 10.2 Å². The Morgan fingerprint density at radius 1 is 1.10 bits per heavy atom. The lowest BCUT2D eigenvalue weighted by Gasteiger charge is -2.46. The third-order valence-corrected chi connectivity index (χ3v) is 6.39. The molecule has 0 aromatic carbocycles. The van der Waals surface area contributed by atoms with Crippen LogP contribution in [0.3, 0.4) is 0 Å². The highest BCUT2D eigenvalue weighted by Gasteiger charge is 2.92. The average molecular weight is 278 g/mol. The minimum absolute atomic E-state index is 0.0465. The zero-order valence-electron chi connectivity index (χ0n) is 12.0. The normalized spacial score (nSPS) is 56.6. The molecule has 7 atom stereocenters. The number of carbonyl (C=O) groups excluding carboxylic acids is 2. The van der Waals surface area contributed by atoms with Crippen LogP contribution in [0.4, 0.5) is 0 Å². The van der Waals surface area contributed by atoms with Crippen molar-refractivity contribution in [1.29, 1.82) is 0 Å². The zero-order valence-corrected chi connectivity index (χ0v) is 12.0. The van der Waals surface area contributed by atoms with Crippen molar-refractivity contribution in [3.05, 3.63) is 0 Å². The Kier molecular flexibility index (Phi) is 1.89. The van der Waals surface area contributed by atoms with Crippen molar-refractivity contribution in [3.63, 3.8) is 0 Å². The first-order valence-corrected chi connectivity index (χ1v) is 7.02. The summed E-state index contributed by atoms with van der Waals surface area (Å²) in [5.74, 6) is -0.197. The molecule has 3 saturated carbocycles. The molecule has 5 aliphatic rings. The molecule has 0 amide bonds. The SMILES string of the molecule is COC(=O)[C@@]12N=N[C@@](C(=O)OC)([C@H]3[C@H](C)[C@H]31)[C@]1(C)C[C@H]21. The number of azo groups is 1. The first kappa shape index (κ1) is 12.3. The molecule has 6 heteroatoms. The van der Waals surface area contributed by atoms with E-state index < -0.39 is 11.1 Å². The lowest BCUT2D eigenvalue weighted by molar-refractivity contribution is -0.163. The third kappa shape index (κ3) is 0.876. The van der Waals surface area contributed by atoms with Crippen molar-refractivity contribution in [2.24, 2.45) is 39.3 Å². The van der Waals surface area contributed by atoms with E-state index in [9.17, 15) is 9.59 Å². The number of nitrogens with zero attached hydrogens (tertiary/aromatic N) is 2. The molecule has 0 aromatic heterocycles. The van der Waals surface area contributed by atoms with E-state index in [0.717, 1.165) is 6.42 Å². The number of hydrogen-bond acceptors (Lipinski definition) is 6. The van der Waals surface area contributed by atoms with Gasteiger partial charge < -0.3 is 9.47 Å². The maximum absolute atomic E-state index is 12.4. The fraction of sp³-hybridized carbons (Fsp3) is 0.857. The van der Waals surface area contributed by atoms with E-state index in [0.29, 0.717) is 0 Å². The molecule has 108 valence electrons. The van der Waals surface area contributed by atoms with E-state index >= 15 is 0 Å². The van der Waals surface area contributed by atoms with E-state index in [1.165, 1.54) is 14.2 Å². The molecule has 2 heterocycles.